The molecule has 68 valence electrons. The molecule has 2 heterocycles. The Labute approximate surface area is 74.7 Å². The maximum absolute atomic E-state index is 8.15. The van der Waals surface area contributed by atoms with Gasteiger partial charge in [-0.1, -0.05) is 5.11 Å². The van der Waals surface area contributed by atoms with Gasteiger partial charge in [0, 0.05) is 23.4 Å². The van der Waals surface area contributed by atoms with Crippen molar-refractivity contribution in [2.24, 2.45) is 11.0 Å². The van der Waals surface area contributed by atoms with Gasteiger partial charge in [0.15, 0.2) is 0 Å². The molecule has 6 heteroatoms. The lowest BCUT2D eigenvalue weighted by molar-refractivity contribution is 0.168. The molecule has 6 nitrogen and oxygen atoms in total. The standard InChI is InChI=1S/C7H9N5O/c8-11-9-3-6-4-12-7(13-5-6)1-2-10-12/h1-2,6H,3-5H2. The van der Waals surface area contributed by atoms with Gasteiger partial charge in [-0.3, -0.25) is 0 Å². The maximum Gasteiger partial charge on any atom is 0.211 e. The summed E-state index contributed by atoms with van der Waals surface area (Å²) in [5, 5.41) is 7.58. The summed E-state index contributed by atoms with van der Waals surface area (Å²) in [5.74, 6) is 1.03. The second-order valence-corrected chi connectivity index (χ2v) is 2.94. The highest BCUT2D eigenvalue weighted by Crippen LogP contribution is 2.18. The Kier molecular flexibility index (Phi) is 2.06. The van der Waals surface area contributed by atoms with Crippen molar-refractivity contribution in [1.29, 1.82) is 0 Å². The van der Waals surface area contributed by atoms with Crippen molar-refractivity contribution in [3.05, 3.63) is 22.7 Å². The van der Waals surface area contributed by atoms with Gasteiger partial charge in [-0.05, 0) is 5.53 Å². The van der Waals surface area contributed by atoms with Crippen LogP contribution in [0, 0.1) is 5.92 Å². The Morgan fingerprint density at radius 3 is 3.62 bits per heavy atom. The van der Waals surface area contributed by atoms with E-state index in [-0.39, 0.29) is 5.92 Å². The van der Waals surface area contributed by atoms with Crippen molar-refractivity contribution in [3.8, 4) is 5.88 Å². The van der Waals surface area contributed by atoms with Crippen molar-refractivity contribution >= 4 is 0 Å². The summed E-state index contributed by atoms with van der Waals surface area (Å²) < 4.78 is 7.17. The third-order valence-corrected chi connectivity index (χ3v) is 1.98. The lowest BCUT2D eigenvalue weighted by Gasteiger charge is -2.22. The average Bonchev–Trinajstić information content (AvgIpc) is 2.61. The summed E-state index contributed by atoms with van der Waals surface area (Å²) >= 11 is 0. The van der Waals surface area contributed by atoms with E-state index in [1.165, 1.54) is 0 Å². The molecule has 1 aliphatic heterocycles. The van der Waals surface area contributed by atoms with Crippen LogP contribution in [0.2, 0.25) is 0 Å². The average molecular weight is 179 g/mol. The Hall–Kier alpha value is -1.68. The van der Waals surface area contributed by atoms with E-state index in [4.69, 9.17) is 10.3 Å². The van der Waals surface area contributed by atoms with Gasteiger partial charge in [0.2, 0.25) is 5.88 Å². The van der Waals surface area contributed by atoms with Gasteiger partial charge < -0.3 is 4.74 Å². The number of rotatable bonds is 2. The van der Waals surface area contributed by atoms with E-state index in [9.17, 15) is 0 Å². The maximum atomic E-state index is 8.15. The third kappa shape index (κ3) is 1.57. The molecule has 0 radical (unpaired) electrons. The van der Waals surface area contributed by atoms with Gasteiger partial charge in [0.25, 0.3) is 0 Å². The minimum absolute atomic E-state index is 0.239. The van der Waals surface area contributed by atoms with Crippen LogP contribution >= 0.6 is 0 Å². The lowest BCUT2D eigenvalue weighted by atomic mass is 10.1. The molecule has 1 aliphatic rings. The highest BCUT2D eigenvalue weighted by atomic mass is 16.5. The predicted octanol–water partition coefficient (Wildman–Crippen LogP) is 1.20. The van der Waals surface area contributed by atoms with Crippen LogP contribution in [0.4, 0.5) is 0 Å². The number of hydrogen-bond acceptors (Lipinski definition) is 3. The van der Waals surface area contributed by atoms with Gasteiger partial charge in [0.1, 0.15) is 0 Å². The van der Waals surface area contributed by atoms with Crippen molar-refractivity contribution in [3.63, 3.8) is 0 Å². The fourth-order valence-corrected chi connectivity index (χ4v) is 1.34. The zero-order valence-electron chi connectivity index (χ0n) is 7.00. The number of nitrogens with zero attached hydrogens (tertiary/aromatic N) is 5. The van der Waals surface area contributed by atoms with Crippen molar-refractivity contribution in [1.82, 2.24) is 9.78 Å². The van der Waals surface area contributed by atoms with E-state index in [0.29, 0.717) is 13.2 Å². The second kappa shape index (κ2) is 3.37. The Morgan fingerprint density at radius 2 is 2.77 bits per heavy atom. The molecule has 0 amide bonds. The molecule has 1 atom stereocenters. The summed E-state index contributed by atoms with van der Waals surface area (Å²) in [6, 6.07) is 1.82. The van der Waals surface area contributed by atoms with E-state index in [0.717, 1.165) is 12.4 Å². The molecule has 1 unspecified atom stereocenters. The monoisotopic (exact) mass is 179 g/mol. The fourth-order valence-electron chi connectivity index (χ4n) is 1.34. The first-order chi connectivity index (χ1) is 6.40. The Balaban J connectivity index is 2.04. The van der Waals surface area contributed by atoms with Gasteiger partial charge in [-0.15, -0.1) is 0 Å². The van der Waals surface area contributed by atoms with Crippen molar-refractivity contribution in [2.45, 2.75) is 6.54 Å². The molecule has 0 saturated carbocycles. The predicted molar refractivity (Wildman–Crippen MR) is 45.2 cm³/mol. The van der Waals surface area contributed by atoms with Crippen LogP contribution in [0.3, 0.4) is 0 Å². The first kappa shape index (κ1) is 7.94. The van der Waals surface area contributed by atoms with Gasteiger partial charge >= 0.3 is 0 Å². The molecule has 0 bridgehead atoms. The first-order valence-corrected chi connectivity index (χ1v) is 4.05. The molecule has 0 aliphatic carbocycles. The quantitative estimate of drug-likeness (QED) is 0.388. The Morgan fingerprint density at radius 1 is 1.85 bits per heavy atom. The molecule has 0 N–H and O–H groups in total. The lowest BCUT2D eigenvalue weighted by Crippen LogP contribution is -2.27. The third-order valence-electron chi connectivity index (χ3n) is 1.98. The van der Waals surface area contributed by atoms with Crippen LogP contribution in [0.5, 0.6) is 5.88 Å². The number of azide groups is 1. The van der Waals surface area contributed by atoms with E-state index >= 15 is 0 Å². The van der Waals surface area contributed by atoms with E-state index in [1.807, 2.05) is 6.07 Å². The fraction of sp³-hybridized carbons (Fsp3) is 0.571. The summed E-state index contributed by atoms with van der Waals surface area (Å²) in [7, 11) is 0. The smallest absolute Gasteiger partial charge is 0.211 e. The van der Waals surface area contributed by atoms with Gasteiger partial charge in [0.05, 0.1) is 19.3 Å². The summed E-state index contributed by atoms with van der Waals surface area (Å²) in [4.78, 5) is 2.71. The van der Waals surface area contributed by atoms with Gasteiger partial charge in [-0.25, -0.2) is 4.68 Å². The molecular weight excluding hydrogens is 170 g/mol. The summed E-state index contributed by atoms with van der Waals surface area (Å²) in [6.07, 6.45) is 1.70. The Bertz CT molecular complexity index is 340. The molecule has 0 aromatic carbocycles. The highest BCUT2D eigenvalue weighted by Gasteiger charge is 2.18. The summed E-state index contributed by atoms with van der Waals surface area (Å²) in [6.45, 7) is 1.84. The van der Waals surface area contributed by atoms with Crippen LogP contribution in [0.25, 0.3) is 10.4 Å². The first-order valence-electron chi connectivity index (χ1n) is 4.05. The number of fused-ring (bicyclic) bond motifs is 1. The molecule has 13 heavy (non-hydrogen) atoms. The van der Waals surface area contributed by atoms with Gasteiger partial charge in [-0.2, -0.15) is 5.10 Å². The molecule has 1 aromatic rings. The molecular formula is C7H9N5O. The molecule has 0 spiro atoms. The van der Waals surface area contributed by atoms with Crippen LogP contribution in [-0.2, 0) is 6.54 Å². The molecule has 0 saturated heterocycles. The van der Waals surface area contributed by atoms with Crippen LogP contribution < -0.4 is 4.74 Å². The van der Waals surface area contributed by atoms with E-state index in [2.05, 4.69) is 15.1 Å². The second-order valence-electron chi connectivity index (χ2n) is 2.94. The van der Waals surface area contributed by atoms with Crippen LogP contribution in [0.15, 0.2) is 17.4 Å². The number of ether oxygens (including phenoxy) is 1. The number of hydrogen-bond donors (Lipinski definition) is 0. The van der Waals surface area contributed by atoms with Crippen LogP contribution in [0.1, 0.15) is 0 Å². The normalized spacial score (nSPS) is 19.8. The minimum Gasteiger partial charge on any atom is -0.477 e. The number of aromatic nitrogens is 2. The zero-order chi connectivity index (χ0) is 9.10. The SMILES string of the molecule is [N-]=[N+]=NCC1COc2ccnn2C1. The van der Waals surface area contributed by atoms with E-state index in [1.54, 1.807) is 10.9 Å². The molecule has 0 fully saturated rings. The topological polar surface area (TPSA) is 75.8 Å². The van der Waals surface area contributed by atoms with Crippen molar-refractivity contribution < 1.29 is 4.74 Å². The van der Waals surface area contributed by atoms with E-state index < -0.39 is 0 Å². The highest BCUT2D eigenvalue weighted by molar-refractivity contribution is 5.09. The largest absolute Gasteiger partial charge is 0.477 e. The molecule has 2 rings (SSSR count). The van der Waals surface area contributed by atoms with Crippen molar-refractivity contribution in [2.75, 3.05) is 13.2 Å². The van der Waals surface area contributed by atoms with Crippen LogP contribution in [-0.4, -0.2) is 22.9 Å². The zero-order valence-corrected chi connectivity index (χ0v) is 7.00. The minimum atomic E-state index is 0.239. The molecule has 1 aromatic heterocycles. The summed E-state index contributed by atoms with van der Waals surface area (Å²) in [5.41, 5.74) is 8.15.